The molecule has 0 aromatic heterocycles. The van der Waals surface area contributed by atoms with Gasteiger partial charge in [0.2, 0.25) is 0 Å². The molecule has 4 unspecified atom stereocenters. The molecule has 0 aliphatic heterocycles. The molecule has 3 heteroatoms. The Balaban J connectivity index is 1.99. The molecule has 2 aliphatic rings. The van der Waals surface area contributed by atoms with Crippen molar-refractivity contribution in [1.82, 2.24) is 4.90 Å². The topological polar surface area (TPSA) is 49.5 Å². The number of nitrogens with two attached hydrogens (primary N) is 1. The van der Waals surface area contributed by atoms with Gasteiger partial charge >= 0.3 is 0 Å². The number of hydrogen-bond donors (Lipinski definition) is 2. The minimum Gasteiger partial charge on any atom is -0.391 e. The van der Waals surface area contributed by atoms with Gasteiger partial charge in [-0.3, -0.25) is 4.90 Å². The fourth-order valence-corrected chi connectivity index (χ4v) is 3.82. The smallest absolute Gasteiger partial charge is 0.0695 e. The Morgan fingerprint density at radius 2 is 1.71 bits per heavy atom. The van der Waals surface area contributed by atoms with Crippen LogP contribution in [-0.2, 0) is 0 Å². The largest absolute Gasteiger partial charge is 0.391 e. The summed E-state index contributed by atoms with van der Waals surface area (Å²) in [5, 5.41) is 10.3. The average molecular weight is 240 g/mol. The SMILES string of the molecule is CN(C1CCCCCC1O)C1CCCC1CN. The first-order chi connectivity index (χ1) is 8.24. The predicted molar refractivity (Wildman–Crippen MR) is 70.8 cm³/mol. The second-order valence-electron chi connectivity index (χ2n) is 5.93. The molecule has 100 valence electrons. The maximum atomic E-state index is 10.3. The first-order valence-electron chi connectivity index (χ1n) is 7.34. The molecule has 0 saturated heterocycles. The lowest BCUT2D eigenvalue weighted by Crippen LogP contribution is -2.48. The molecule has 0 spiro atoms. The van der Waals surface area contributed by atoms with Gasteiger partial charge in [0.05, 0.1) is 6.10 Å². The zero-order valence-electron chi connectivity index (χ0n) is 11.1. The summed E-state index contributed by atoms with van der Waals surface area (Å²) < 4.78 is 0. The first-order valence-corrected chi connectivity index (χ1v) is 7.34. The monoisotopic (exact) mass is 240 g/mol. The quantitative estimate of drug-likeness (QED) is 0.739. The number of aliphatic hydroxyl groups is 1. The van der Waals surface area contributed by atoms with Gasteiger partial charge in [-0.05, 0) is 45.2 Å². The molecule has 0 amide bonds. The van der Waals surface area contributed by atoms with E-state index < -0.39 is 0 Å². The van der Waals surface area contributed by atoms with E-state index >= 15 is 0 Å². The van der Waals surface area contributed by atoms with E-state index in [-0.39, 0.29) is 6.10 Å². The van der Waals surface area contributed by atoms with Crippen molar-refractivity contribution >= 4 is 0 Å². The molecule has 0 aromatic rings. The number of nitrogens with zero attached hydrogens (tertiary/aromatic N) is 1. The van der Waals surface area contributed by atoms with E-state index in [1.54, 1.807) is 0 Å². The summed E-state index contributed by atoms with van der Waals surface area (Å²) in [7, 11) is 2.21. The Bertz CT molecular complexity index is 234. The number of hydrogen-bond acceptors (Lipinski definition) is 3. The third-order valence-corrected chi connectivity index (χ3v) is 4.91. The molecule has 3 N–H and O–H groups in total. The summed E-state index contributed by atoms with van der Waals surface area (Å²) in [4.78, 5) is 2.46. The highest BCUT2D eigenvalue weighted by atomic mass is 16.3. The summed E-state index contributed by atoms with van der Waals surface area (Å²) in [5.74, 6) is 0.649. The van der Waals surface area contributed by atoms with Crippen molar-refractivity contribution in [3.63, 3.8) is 0 Å². The van der Waals surface area contributed by atoms with Crippen LogP contribution in [0.5, 0.6) is 0 Å². The van der Waals surface area contributed by atoms with Crippen LogP contribution in [0.3, 0.4) is 0 Å². The molecule has 2 aliphatic carbocycles. The van der Waals surface area contributed by atoms with Crippen molar-refractivity contribution in [1.29, 1.82) is 0 Å². The number of rotatable bonds is 3. The highest BCUT2D eigenvalue weighted by Gasteiger charge is 2.35. The van der Waals surface area contributed by atoms with Crippen LogP contribution in [0.4, 0.5) is 0 Å². The van der Waals surface area contributed by atoms with Gasteiger partial charge in [-0.25, -0.2) is 0 Å². The normalized spacial score (nSPS) is 39.5. The summed E-state index contributed by atoms with van der Waals surface area (Å²) in [6.07, 6.45) is 9.60. The predicted octanol–water partition coefficient (Wildman–Crippen LogP) is 1.74. The molecule has 17 heavy (non-hydrogen) atoms. The van der Waals surface area contributed by atoms with Crippen molar-refractivity contribution in [3.8, 4) is 0 Å². The van der Waals surface area contributed by atoms with Gasteiger partial charge in [0.1, 0.15) is 0 Å². The first kappa shape index (κ1) is 13.3. The summed E-state index contributed by atoms with van der Waals surface area (Å²) in [6, 6.07) is 0.979. The van der Waals surface area contributed by atoms with Crippen molar-refractivity contribution in [2.75, 3.05) is 13.6 Å². The van der Waals surface area contributed by atoms with Crippen molar-refractivity contribution in [3.05, 3.63) is 0 Å². The second-order valence-corrected chi connectivity index (χ2v) is 5.93. The van der Waals surface area contributed by atoms with E-state index in [4.69, 9.17) is 5.73 Å². The van der Waals surface area contributed by atoms with Crippen LogP contribution in [0.25, 0.3) is 0 Å². The third-order valence-electron chi connectivity index (χ3n) is 4.91. The zero-order valence-corrected chi connectivity index (χ0v) is 11.1. The summed E-state index contributed by atoms with van der Waals surface area (Å²) in [5.41, 5.74) is 5.87. The standard InChI is InChI=1S/C14H28N2O/c1-16(12-8-5-6-11(12)10-15)13-7-3-2-4-9-14(13)17/h11-14,17H,2-10,15H2,1H3. The number of aliphatic hydroxyl groups excluding tert-OH is 1. The van der Waals surface area contributed by atoms with E-state index in [1.165, 1.54) is 38.5 Å². The lowest BCUT2D eigenvalue weighted by Gasteiger charge is -2.37. The number of likely N-dealkylation sites (N-methyl/N-ethyl adjacent to an activating group) is 1. The van der Waals surface area contributed by atoms with Gasteiger partial charge in [-0.1, -0.05) is 25.7 Å². The zero-order chi connectivity index (χ0) is 12.3. The maximum Gasteiger partial charge on any atom is 0.0695 e. The molecule has 4 atom stereocenters. The fraction of sp³-hybridized carbons (Fsp3) is 1.00. The van der Waals surface area contributed by atoms with Gasteiger partial charge in [0.15, 0.2) is 0 Å². The van der Waals surface area contributed by atoms with E-state index in [0.717, 1.165) is 19.4 Å². The van der Waals surface area contributed by atoms with E-state index in [2.05, 4.69) is 11.9 Å². The Morgan fingerprint density at radius 3 is 2.47 bits per heavy atom. The molecule has 2 rings (SSSR count). The van der Waals surface area contributed by atoms with Crippen LogP contribution in [0.15, 0.2) is 0 Å². The van der Waals surface area contributed by atoms with Gasteiger partial charge in [-0.15, -0.1) is 0 Å². The molecule has 3 nitrogen and oxygen atoms in total. The van der Waals surface area contributed by atoms with Gasteiger partial charge in [-0.2, -0.15) is 0 Å². The minimum atomic E-state index is -0.124. The molecular formula is C14H28N2O. The minimum absolute atomic E-state index is 0.124. The highest BCUT2D eigenvalue weighted by Crippen LogP contribution is 2.32. The fourth-order valence-electron chi connectivity index (χ4n) is 3.82. The second kappa shape index (κ2) is 6.17. The Hall–Kier alpha value is -0.120. The highest BCUT2D eigenvalue weighted by molar-refractivity contribution is 4.90. The van der Waals surface area contributed by atoms with Gasteiger partial charge < -0.3 is 10.8 Å². The van der Waals surface area contributed by atoms with Crippen LogP contribution < -0.4 is 5.73 Å². The van der Waals surface area contributed by atoms with E-state index in [1.807, 2.05) is 0 Å². The van der Waals surface area contributed by atoms with Crippen molar-refractivity contribution in [2.45, 2.75) is 69.6 Å². The van der Waals surface area contributed by atoms with Crippen LogP contribution in [0.1, 0.15) is 51.4 Å². The Labute approximate surface area is 105 Å². The lowest BCUT2D eigenvalue weighted by molar-refractivity contribution is 0.0271. The van der Waals surface area contributed by atoms with Crippen LogP contribution in [0.2, 0.25) is 0 Å². The van der Waals surface area contributed by atoms with Crippen LogP contribution in [-0.4, -0.2) is 41.8 Å². The van der Waals surface area contributed by atoms with E-state index in [9.17, 15) is 5.11 Å². The molecule has 0 bridgehead atoms. The molecular weight excluding hydrogens is 212 g/mol. The van der Waals surface area contributed by atoms with Gasteiger partial charge in [0, 0.05) is 12.1 Å². The molecule has 2 fully saturated rings. The molecule has 0 heterocycles. The Morgan fingerprint density at radius 1 is 1.00 bits per heavy atom. The summed E-state index contributed by atoms with van der Waals surface area (Å²) >= 11 is 0. The van der Waals surface area contributed by atoms with Crippen molar-refractivity contribution in [2.24, 2.45) is 11.7 Å². The average Bonchev–Trinajstić information content (AvgIpc) is 2.71. The van der Waals surface area contributed by atoms with E-state index in [0.29, 0.717) is 18.0 Å². The summed E-state index contributed by atoms with van der Waals surface area (Å²) in [6.45, 7) is 0.803. The molecule has 0 radical (unpaired) electrons. The Kier molecular flexibility index (Phi) is 4.83. The maximum absolute atomic E-state index is 10.3. The third kappa shape index (κ3) is 3.01. The van der Waals surface area contributed by atoms with Gasteiger partial charge in [0.25, 0.3) is 0 Å². The van der Waals surface area contributed by atoms with Crippen LogP contribution >= 0.6 is 0 Å². The van der Waals surface area contributed by atoms with Crippen molar-refractivity contribution < 1.29 is 5.11 Å². The molecule has 2 saturated carbocycles. The lowest BCUT2D eigenvalue weighted by atomic mass is 9.97. The molecule has 0 aromatic carbocycles. The van der Waals surface area contributed by atoms with Crippen LogP contribution in [0, 0.1) is 5.92 Å².